The second-order valence-electron chi connectivity index (χ2n) is 7.55. The Morgan fingerprint density at radius 1 is 0.424 bits per heavy atom. The summed E-state index contributed by atoms with van der Waals surface area (Å²) in [7, 11) is 0. The van der Waals surface area contributed by atoms with Gasteiger partial charge in [-0.15, -0.1) is 0 Å². The Hall–Kier alpha value is -4.48. The molecule has 2 N–H and O–H groups in total. The Labute approximate surface area is 189 Å². The van der Waals surface area contributed by atoms with Crippen molar-refractivity contribution >= 4 is 56.8 Å². The van der Waals surface area contributed by atoms with Crippen LogP contribution in [0.5, 0.6) is 0 Å². The molecule has 0 saturated heterocycles. The molecule has 0 aromatic heterocycles. The minimum atomic E-state index is -0.442. The molecule has 0 fully saturated rings. The lowest BCUT2D eigenvalue weighted by atomic mass is 9.91. The maximum atomic E-state index is 11.7. The van der Waals surface area contributed by atoms with E-state index in [0.29, 0.717) is 11.1 Å². The summed E-state index contributed by atoms with van der Waals surface area (Å²) in [4.78, 5) is 45.8. The molecule has 33 heavy (non-hydrogen) atoms. The van der Waals surface area contributed by atoms with E-state index in [4.69, 9.17) is 0 Å². The lowest BCUT2D eigenvalue weighted by Crippen LogP contribution is -2.16. The normalized spacial score (nSPS) is 13.8. The van der Waals surface area contributed by atoms with Crippen LogP contribution < -0.4 is 0 Å². The van der Waals surface area contributed by atoms with Crippen LogP contribution >= 0.6 is 0 Å². The summed E-state index contributed by atoms with van der Waals surface area (Å²) in [6.07, 6.45) is 6.14. The molecular weight excluding hydrogens is 416 g/mol. The molecule has 2 aliphatic carbocycles. The first-order valence-corrected chi connectivity index (χ1v) is 10.1. The number of hydrogen-bond donors (Lipinski definition) is 0. The maximum Gasteiger partial charge on any atom is 0.233 e. The summed E-state index contributed by atoms with van der Waals surface area (Å²) in [5, 5.41) is 4.18. The van der Waals surface area contributed by atoms with E-state index in [2.05, 4.69) is 0 Å². The van der Waals surface area contributed by atoms with Gasteiger partial charge in [0.2, 0.25) is 23.1 Å². The molecule has 4 aromatic rings. The Morgan fingerprint density at radius 3 is 1.24 bits per heavy atom. The van der Waals surface area contributed by atoms with E-state index in [0.717, 1.165) is 32.7 Å². The van der Waals surface area contributed by atoms with Crippen LogP contribution in [0.3, 0.4) is 0 Å². The van der Waals surface area contributed by atoms with E-state index in [1.807, 2.05) is 60.7 Å². The smallest absolute Gasteiger partial charge is 0.233 e. The van der Waals surface area contributed by atoms with Gasteiger partial charge in [-0.2, -0.15) is 0 Å². The lowest BCUT2D eigenvalue weighted by Gasteiger charge is -2.11. The van der Waals surface area contributed by atoms with Crippen LogP contribution in [0.2, 0.25) is 0 Å². The van der Waals surface area contributed by atoms with Crippen molar-refractivity contribution in [2.45, 2.75) is 0 Å². The molecule has 2 aliphatic rings. The molecule has 0 amide bonds. The van der Waals surface area contributed by atoms with Crippen molar-refractivity contribution in [1.82, 2.24) is 0 Å². The SMILES string of the molecule is O.O=C1C=Cc2c(ccc3ccccc23)C1=O.O=C1C=Cc2c(ccc3ccccc23)C1=O. The van der Waals surface area contributed by atoms with E-state index in [9.17, 15) is 19.2 Å². The molecule has 0 spiro atoms. The Morgan fingerprint density at radius 2 is 0.818 bits per heavy atom. The zero-order chi connectivity index (χ0) is 22.2. The highest BCUT2D eigenvalue weighted by Gasteiger charge is 2.22. The molecule has 0 atom stereocenters. The van der Waals surface area contributed by atoms with Gasteiger partial charge in [-0.3, -0.25) is 19.2 Å². The summed E-state index contributed by atoms with van der Waals surface area (Å²) >= 11 is 0. The standard InChI is InChI=1S/2C14H8O2.H2O/c2*15-13-8-7-11-10-4-2-1-3-9(10)5-6-12(11)14(13)16;/h2*1-8H;1H2. The molecule has 160 valence electrons. The minimum Gasteiger partial charge on any atom is -0.412 e. The average molecular weight is 434 g/mol. The van der Waals surface area contributed by atoms with Gasteiger partial charge in [0.05, 0.1) is 0 Å². The van der Waals surface area contributed by atoms with Crippen molar-refractivity contribution in [3.63, 3.8) is 0 Å². The van der Waals surface area contributed by atoms with Gasteiger partial charge in [-0.05, 0) is 69.1 Å². The summed E-state index contributed by atoms with van der Waals surface area (Å²) in [6, 6.07) is 22.9. The molecule has 5 heteroatoms. The molecule has 5 nitrogen and oxygen atoms in total. The first-order valence-electron chi connectivity index (χ1n) is 10.1. The second kappa shape index (κ2) is 8.57. The third-order valence-corrected chi connectivity index (χ3v) is 5.68. The van der Waals surface area contributed by atoms with Gasteiger partial charge >= 0.3 is 0 Å². The van der Waals surface area contributed by atoms with Crippen molar-refractivity contribution in [3.05, 3.63) is 107 Å². The summed E-state index contributed by atoms with van der Waals surface area (Å²) in [5.74, 6) is -1.71. The van der Waals surface area contributed by atoms with Crippen LogP contribution in [-0.4, -0.2) is 28.6 Å². The summed E-state index contributed by atoms with van der Waals surface area (Å²) < 4.78 is 0. The number of rotatable bonds is 0. The lowest BCUT2D eigenvalue weighted by molar-refractivity contribution is -0.111. The Balaban J connectivity index is 0.000000152. The number of benzene rings is 4. The summed E-state index contributed by atoms with van der Waals surface area (Å²) in [6.45, 7) is 0. The van der Waals surface area contributed by atoms with Crippen molar-refractivity contribution in [2.75, 3.05) is 0 Å². The van der Waals surface area contributed by atoms with Crippen LogP contribution in [-0.2, 0) is 9.59 Å². The third kappa shape index (κ3) is 3.71. The van der Waals surface area contributed by atoms with Crippen LogP contribution in [0, 0.1) is 0 Å². The van der Waals surface area contributed by atoms with Crippen LogP contribution in [0.25, 0.3) is 33.7 Å². The molecule has 0 unspecified atom stereocenters. The minimum absolute atomic E-state index is 0. The highest BCUT2D eigenvalue weighted by Crippen LogP contribution is 2.28. The van der Waals surface area contributed by atoms with Gasteiger partial charge in [0.15, 0.2) is 0 Å². The Kier molecular flexibility index (Phi) is 5.65. The number of allylic oxidation sites excluding steroid dienone is 2. The van der Waals surface area contributed by atoms with Crippen molar-refractivity contribution in [1.29, 1.82) is 0 Å². The fraction of sp³-hybridized carbons (Fsp3) is 0. The van der Waals surface area contributed by atoms with Crippen molar-refractivity contribution in [2.24, 2.45) is 0 Å². The quantitative estimate of drug-likeness (QED) is 0.383. The van der Waals surface area contributed by atoms with E-state index in [-0.39, 0.29) is 5.48 Å². The zero-order valence-electron chi connectivity index (χ0n) is 17.4. The third-order valence-electron chi connectivity index (χ3n) is 5.68. The van der Waals surface area contributed by atoms with Crippen LogP contribution in [0.1, 0.15) is 31.8 Å². The monoisotopic (exact) mass is 434 g/mol. The van der Waals surface area contributed by atoms with Crippen LogP contribution in [0.15, 0.2) is 84.9 Å². The number of carbonyl (C=O) groups is 4. The fourth-order valence-electron chi connectivity index (χ4n) is 4.08. The predicted molar refractivity (Wildman–Crippen MR) is 128 cm³/mol. The van der Waals surface area contributed by atoms with E-state index in [1.54, 1.807) is 24.3 Å². The van der Waals surface area contributed by atoms with E-state index < -0.39 is 23.1 Å². The number of fused-ring (bicyclic) bond motifs is 6. The fourth-order valence-corrected chi connectivity index (χ4v) is 4.08. The van der Waals surface area contributed by atoms with E-state index >= 15 is 0 Å². The largest absolute Gasteiger partial charge is 0.412 e. The highest BCUT2D eigenvalue weighted by molar-refractivity contribution is 6.51. The molecule has 6 rings (SSSR count). The van der Waals surface area contributed by atoms with Crippen molar-refractivity contribution < 1.29 is 24.7 Å². The Bertz CT molecular complexity index is 1420. The maximum absolute atomic E-state index is 11.7. The number of Topliss-reactive ketones (excluding diaryl/α,β-unsaturated/α-hetero) is 2. The van der Waals surface area contributed by atoms with Gasteiger partial charge in [-0.25, -0.2) is 0 Å². The molecule has 0 bridgehead atoms. The second-order valence-corrected chi connectivity index (χ2v) is 7.55. The van der Waals surface area contributed by atoms with Gasteiger partial charge < -0.3 is 5.48 Å². The molecule has 0 heterocycles. The topological polar surface area (TPSA) is 99.8 Å². The number of ketones is 4. The van der Waals surface area contributed by atoms with Gasteiger partial charge in [0.1, 0.15) is 0 Å². The average Bonchev–Trinajstić information content (AvgIpc) is 2.83. The molecular formula is C28H18O5. The van der Waals surface area contributed by atoms with E-state index in [1.165, 1.54) is 12.2 Å². The van der Waals surface area contributed by atoms with Gasteiger partial charge in [0.25, 0.3) is 0 Å². The van der Waals surface area contributed by atoms with Crippen molar-refractivity contribution in [3.8, 4) is 0 Å². The molecule has 0 saturated carbocycles. The molecule has 0 radical (unpaired) electrons. The summed E-state index contributed by atoms with van der Waals surface area (Å²) in [5.41, 5.74) is 2.71. The predicted octanol–water partition coefficient (Wildman–Crippen LogP) is 4.41. The first kappa shape index (κ1) is 21.7. The van der Waals surface area contributed by atoms with Crippen LogP contribution in [0.4, 0.5) is 0 Å². The highest BCUT2D eigenvalue weighted by atomic mass is 16.2. The molecule has 0 aliphatic heterocycles. The van der Waals surface area contributed by atoms with Gasteiger partial charge in [0, 0.05) is 11.1 Å². The zero-order valence-corrected chi connectivity index (χ0v) is 17.4. The van der Waals surface area contributed by atoms with Gasteiger partial charge in [-0.1, -0.05) is 60.7 Å². The number of carbonyl (C=O) groups excluding carboxylic acids is 4. The number of hydrogen-bond acceptors (Lipinski definition) is 4. The molecule has 4 aromatic carbocycles. The first-order chi connectivity index (χ1) is 15.5.